The molecular weight excluding hydrogens is 404 g/mol. The summed E-state index contributed by atoms with van der Waals surface area (Å²) in [5.74, 6) is 0.633. The van der Waals surface area contributed by atoms with Gasteiger partial charge in [-0.15, -0.1) is 0 Å². The highest BCUT2D eigenvalue weighted by molar-refractivity contribution is 5.92. The van der Waals surface area contributed by atoms with Gasteiger partial charge in [0.15, 0.2) is 0 Å². The maximum atomic E-state index is 13.0. The number of amides is 2. The van der Waals surface area contributed by atoms with E-state index in [4.69, 9.17) is 4.74 Å². The lowest BCUT2D eigenvalue weighted by Gasteiger charge is -2.24. The van der Waals surface area contributed by atoms with E-state index in [1.165, 1.54) is 0 Å². The molecule has 0 aliphatic carbocycles. The first-order chi connectivity index (χ1) is 15.6. The number of likely N-dealkylation sites (tertiary alicyclic amines) is 1. The Morgan fingerprint density at radius 1 is 1.09 bits per heavy atom. The Morgan fingerprint density at radius 2 is 1.88 bits per heavy atom. The molecular formula is C25H26N4O3. The lowest BCUT2D eigenvalue weighted by atomic mass is 10.1. The van der Waals surface area contributed by atoms with Crippen molar-refractivity contribution in [2.75, 3.05) is 20.7 Å². The van der Waals surface area contributed by atoms with Crippen molar-refractivity contribution in [3.8, 4) is 16.9 Å². The number of methoxy groups -OCH3 is 1. The number of carbonyl (C=O) groups excluding carboxylic acids is 2. The normalized spacial score (nSPS) is 15.4. The number of ether oxygens (including phenoxy) is 1. The number of nitrogens with zero attached hydrogens (tertiary/aromatic N) is 3. The molecule has 1 fully saturated rings. The Bertz CT molecular complexity index is 1100. The summed E-state index contributed by atoms with van der Waals surface area (Å²) >= 11 is 0. The van der Waals surface area contributed by atoms with Crippen LogP contribution in [0.15, 0.2) is 60.9 Å². The van der Waals surface area contributed by atoms with E-state index in [9.17, 15) is 9.59 Å². The van der Waals surface area contributed by atoms with Crippen molar-refractivity contribution >= 4 is 11.8 Å². The monoisotopic (exact) mass is 430 g/mol. The first kappa shape index (κ1) is 21.5. The van der Waals surface area contributed by atoms with Crippen LogP contribution in [-0.2, 0) is 11.2 Å². The van der Waals surface area contributed by atoms with E-state index in [2.05, 4.69) is 15.3 Å². The summed E-state index contributed by atoms with van der Waals surface area (Å²) in [4.78, 5) is 35.5. The molecule has 1 aromatic carbocycles. The Morgan fingerprint density at radius 3 is 2.53 bits per heavy atom. The lowest BCUT2D eigenvalue weighted by molar-refractivity contribution is -0.131. The van der Waals surface area contributed by atoms with E-state index in [-0.39, 0.29) is 17.9 Å². The quantitative estimate of drug-likeness (QED) is 0.648. The van der Waals surface area contributed by atoms with E-state index in [1.807, 2.05) is 47.4 Å². The lowest BCUT2D eigenvalue weighted by Crippen LogP contribution is -2.32. The second kappa shape index (κ2) is 9.60. The number of carbonyl (C=O) groups is 2. The van der Waals surface area contributed by atoms with Crippen molar-refractivity contribution in [3.05, 3.63) is 77.9 Å². The predicted octanol–water partition coefficient (Wildman–Crippen LogP) is 3.42. The molecule has 3 aromatic rings. The van der Waals surface area contributed by atoms with Crippen LogP contribution >= 0.6 is 0 Å². The Kier molecular flexibility index (Phi) is 6.44. The molecule has 7 nitrogen and oxygen atoms in total. The van der Waals surface area contributed by atoms with E-state index in [0.29, 0.717) is 12.1 Å². The van der Waals surface area contributed by atoms with Gasteiger partial charge in [0.1, 0.15) is 11.4 Å². The van der Waals surface area contributed by atoms with Crippen LogP contribution in [0.25, 0.3) is 11.1 Å². The molecule has 2 amide bonds. The van der Waals surface area contributed by atoms with Crippen LogP contribution in [0.2, 0.25) is 0 Å². The molecule has 1 aliphatic rings. The zero-order valence-electron chi connectivity index (χ0n) is 18.2. The topological polar surface area (TPSA) is 84.4 Å². The predicted molar refractivity (Wildman–Crippen MR) is 121 cm³/mol. The second-order valence-corrected chi connectivity index (χ2v) is 7.76. The standard InChI is InChI=1S/C25H26N4O3/c1-26-25(31)22-11-9-19(16-28-22)18-8-10-21(27-15-18)23-7-4-12-29(23)24(30)14-17-5-3-6-20(13-17)32-2/h3,5-6,8-11,13,15-16,23H,4,7,12,14H2,1-2H3,(H,26,31). The van der Waals surface area contributed by atoms with Crippen LogP contribution in [0.1, 0.15) is 40.6 Å². The zero-order chi connectivity index (χ0) is 22.5. The van der Waals surface area contributed by atoms with Crippen molar-refractivity contribution in [1.29, 1.82) is 0 Å². The molecule has 3 heterocycles. The fraction of sp³-hybridized carbons (Fsp3) is 0.280. The summed E-state index contributed by atoms with van der Waals surface area (Å²) in [6, 6.07) is 15.1. The molecule has 4 rings (SSSR count). The largest absolute Gasteiger partial charge is 0.497 e. The maximum absolute atomic E-state index is 13.0. The van der Waals surface area contributed by atoms with Crippen molar-refractivity contribution in [1.82, 2.24) is 20.2 Å². The molecule has 1 atom stereocenters. The van der Waals surface area contributed by atoms with Crippen LogP contribution in [0.4, 0.5) is 0 Å². The van der Waals surface area contributed by atoms with E-state index in [1.54, 1.807) is 32.6 Å². The van der Waals surface area contributed by atoms with Crippen LogP contribution in [0.3, 0.4) is 0 Å². The molecule has 1 saturated heterocycles. The third kappa shape index (κ3) is 4.61. The number of rotatable bonds is 6. The Balaban J connectivity index is 1.46. The van der Waals surface area contributed by atoms with Crippen LogP contribution < -0.4 is 10.1 Å². The van der Waals surface area contributed by atoms with Crippen molar-refractivity contribution < 1.29 is 14.3 Å². The van der Waals surface area contributed by atoms with Crippen molar-refractivity contribution in [2.24, 2.45) is 0 Å². The molecule has 0 saturated carbocycles. The minimum Gasteiger partial charge on any atom is -0.497 e. The highest BCUT2D eigenvalue weighted by Crippen LogP contribution is 2.32. The molecule has 0 bridgehead atoms. The number of aromatic nitrogens is 2. The van der Waals surface area contributed by atoms with Gasteiger partial charge in [0.05, 0.1) is 25.3 Å². The minimum absolute atomic E-state index is 0.0177. The molecule has 2 aromatic heterocycles. The third-order valence-corrected chi connectivity index (χ3v) is 5.75. The number of benzene rings is 1. The van der Waals surface area contributed by atoms with Crippen LogP contribution in [0.5, 0.6) is 5.75 Å². The third-order valence-electron chi connectivity index (χ3n) is 5.75. The minimum atomic E-state index is -0.218. The molecule has 0 radical (unpaired) electrons. The van der Waals surface area contributed by atoms with E-state index in [0.717, 1.165) is 47.5 Å². The molecule has 164 valence electrons. The van der Waals surface area contributed by atoms with E-state index >= 15 is 0 Å². The molecule has 7 heteroatoms. The number of nitrogens with one attached hydrogen (secondary N) is 1. The van der Waals surface area contributed by atoms with E-state index < -0.39 is 0 Å². The van der Waals surface area contributed by atoms with Gasteiger partial charge in [-0.25, -0.2) is 0 Å². The first-order valence-corrected chi connectivity index (χ1v) is 10.7. The SMILES string of the molecule is CNC(=O)c1ccc(-c2ccc(C3CCCN3C(=O)Cc3cccc(OC)c3)nc2)cn1. The van der Waals surface area contributed by atoms with Gasteiger partial charge in [-0.05, 0) is 42.7 Å². The average Bonchev–Trinajstić information content (AvgIpc) is 3.34. The van der Waals surface area contributed by atoms with Crippen molar-refractivity contribution in [2.45, 2.75) is 25.3 Å². The van der Waals surface area contributed by atoms with Gasteiger partial charge in [0.2, 0.25) is 5.91 Å². The summed E-state index contributed by atoms with van der Waals surface area (Å²) < 4.78 is 5.26. The summed E-state index contributed by atoms with van der Waals surface area (Å²) in [7, 11) is 3.20. The van der Waals surface area contributed by atoms with Gasteiger partial charge in [-0.2, -0.15) is 0 Å². The van der Waals surface area contributed by atoms with Gasteiger partial charge in [-0.3, -0.25) is 19.6 Å². The summed E-state index contributed by atoms with van der Waals surface area (Å²) in [5, 5.41) is 2.56. The molecule has 32 heavy (non-hydrogen) atoms. The fourth-order valence-corrected chi connectivity index (χ4v) is 4.03. The highest BCUT2D eigenvalue weighted by atomic mass is 16.5. The number of hydrogen-bond donors (Lipinski definition) is 1. The van der Waals surface area contributed by atoms with Gasteiger partial charge in [-0.1, -0.05) is 24.3 Å². The molecule has 0 spiro atoms. The number of pyridine rings is 2. The maximum Gasteiger partial charge on any atom is 0.269 e. The Labute approximate surface area is 187 Å². The second-order valence-electron chi connectivity index (χ2n) is 7.76. The van der Waals surface area contributed by atoms with Crippen LogP contribution in [-0.4, -0.2) is 47.4 Å². The summed E-state index contributed by atoms with van der Waals surface area (Å²) in [6.45, 7) is 0.738. The van der Waals surface area contributed by atoms with Gasteiger partial charge < -0.3 is 15.0 Å². The molecule has 1 aliphatic heterocycles. The zero-order valence-corrected chi connectivity index (χ0v) is 18.2. The van der Waals surface area contributed by atoms with Gasteiger partial charge >= 0.3 is 0 Å². The van der Waals surface area contributed by atoms with Gasteiger partial charge in [0, 0.05) is 37.1 Å². The smallest absolute Gasteiger partial charge is 0.269 e. The number of hydrogen-bond acceptors (Lipinski definition) is 5. The molecule has 1 N–H and O–H groups in total. The highest BCUT2D eigenvalue weighted by Gasteiger charge is 2.30. The summed E-state index contributed by atoms with van der Waals surface area (Å²) in [6.07, 6.45) is 5.67. The Hall–Kier alpha value is -3.74. The van der Waals surface area contributed by atoms with Crippen LogP contribution in [0, 0.1) is 0 Å². The fourth-order valence-electron chi connectivity index (χ4n) is 4.03. The average molecular weight is 431 g/mol. The van der Waals surface area contributed by atoms with Crippen molar-refractivity contribution in [3.63, 3.8) is 0 Å². The van der Waals surface area contributed by atoms with Gasteiger partial charge in [0.25, 0.3) is 5.91 Å². The molecule has 1 unspecified atom stereocenters. The first-order valence-electron chi connectivity index (χ1n) is 10.7. The summed E-state index contributed by atoms with van der Waals surface area (Å²) in [5.41, 5.74) is 4.00.